The number of nitrogen functional groups attached to an aromatic ring is 1. The monoisotopic (exact) mass is 275 g/mol. The minimum atomic E-state index is -0.302. The molecule has 0 aliphatic heterocycles. The van der Waals surface area contributed by atoms with Gasteiger partial charge in [-0.05, 0) is 55.8 Å². The van der Waals surface area contributed by atoms with E-state index in [-0.39, 0.29) is 11.2 Å². The summed E-state index contributed by atoms with van der Waals surface area (Å²) in [7, 11) is 0. The van der Waals surface area contributed by atoms with Crippen LogP contribution in [0.25, 0.3) is 0 Å². The number of nitrogens with two attached hydrogens (primary N) is 1. The lowest BCUT2D eigenvalue weighted by Crippen LogP contribution is -2.48. The molecule has 0 unspecified atom stereocenters. The minimum Gasteiger partial charge on any atom is -0.409 e. The van der Waals surface area contributed by atoms with E-state index in [1.807, 2.05) is 0 Å². The van der Waals surface area contributed by atoms with Crippen LogP contribution in [0.15, 0.2) is 17.3 Å². The molecule has 1 aromatic heterocycles. The second-order valence-electron chi connectivity index (χ2n) is 6.87. The van der Waals surface area contributed by atoms with Gasteiger partial charge in [0.1, 0.15) is 18.6 Å². The van der Waals surface area contributed by atoms with Gasteiger partial charge in [-0.25, -0.2) is 4.98 Å². The average molecular weight is 275 g/mol. The van der Waals surface area contributed by atoms with Crippen molar-refractivity contribution >= 4 is 5.69 Å². The first-order chi connectivity index (χ1) is 9.70. The van der Waals surface area contributed by atoms with E-state index in [1.165, 1.54) is 49.4 Å². The van der Waals surface area contributed by atoms with E-state index < -0.39 is 0 Å². The van der Waals surface area contributed by atoms with Gasteiger partial charge < -0.3 is 10.6 Å². The molecule has 5 rings (SSSR count). The first kappa shape index (κ1) is 12.2. The summed E-state index contributed by atoms with van der Waals surface area (Å²) >= 11 is 0. The summed E-state index contributed by atoms with van der Waals surface area (Å²) in [5.74, 6) is 4.14. The summed E-state index contributed by atoms with van der Waals surface area (Å²) < 4.78 is 1.19. The number of hydrogen-bond donors (Lipinski definition) is 1. The van der Waals surface area contributed by atoms with Crippen LogP contribution in [-0.4, -0.2) is 16.3 Å². The van der Waals surface area contributed by atoms with E-state index in [9.17, 15) is 4.79 Å². The highest BCUT2D eigenvalue weighted by atomic mass is 16.7. The number of aromatic nitrogens is 2. The lowest BCUT2D eigenvalue weighted by atomic mass is 9.52. The van der Waals surface area contributed by atoms with Crippen molar-refractivity contribution in [3.05, 3.63) is 22.9 Å². The number of rotatable bonds is 3. The molecular formula is C15H21N3O2. The number of nitrogens with zero attached hydrogens (tertiary/aromatic N) is 2. The van der Waals surface area contributed by atoms with Gasteiger partial charge in [-0.1, -0.05) is 0 Å². The van der Waals surface area contributed by atoms with Crippen LogP contribution >= 0.6 is 0 Å². The third kappa shape index (κ3) is 1.91. The molecular weight excluding hydrogens is 254 g/mol. The predicted octanol–water partition coefficient (Wildman–Crippen LogP) is 1.33. The summed E-state index contributed by atoms with van der Waals surface area (Å²) in [5, 5.41) is 0. The van der Waals surface area contributed by atoms with Crippen LogP contribution < -0.4 is 16.1 Å². The van der Waals surface area contributed by atoms with Crippen LogP contribution in [0.2, 0.25) is 0 Å². The lowest BCUT2D eigenvalue weighted by molar-refractivity contribution is -0.0749. The van der Waals surface area contributed by atoms with Gasteiger partial charge in [0.05, 0.1) is 6.20 Å². The molecule has 1 aromatic rings. The zero-order valence-electron chi connectivity index (χ0n) is 11.6. The molecule has 0 amide bonds. The van der Waals surface area contributed by atoms with Crippen LogP contribution in [0, 0.1) is 29.6 Å². The van der Waals surface area contributed by atoms with E-state index >= 15 is 0 Å². The van der Waals surface area contributed by atoms with Crippen LogP contribution in [0.5, 0.6) is 0 Å². The van der Waals surface area contributed by atoms with Gasteiger partial charge in [0, 0.05) is 5.92 Å². The normalized spacial score (nSPS) is 38.1. The van der Waals surface area contributed by atoms with Crippen molar-refractivity contribution in [2.75, 3.05) is 12.3 Å². The van der Waals surface area contributed by atoms with Crippen molar-refractivity contribution in [3.63, 3.8) is 0 Å². The zero-order chi connectivity index (χ0) is 13.7. The van der Waals surface area contributed by atoms with Crippen LogP contribution in [0.1, 0.15) is 32.1 Å². The zero-order valence-corrected chi connectivity index (χ0v) is 11.6. The Hall–Kier alpha value is -1.52. The van der Waals surface area contributed by atoms with Gasteiger partial charge in [0.2, 0.25) is 0 Å². The van der Waals surface area contributed by atoms with Gasteiger partial charge in [-0.3, -0.25) is 4.79 Å². The SMILES string of the molecule is Nc1cncn(OCC2C3CC4CC(C3)CC2C4)c1=O. The highest BCUT2D eigenvalue weighted by molar-refractivity contribution is 5.29. The Morgan fingerprint density at radius 1 is 1.20 bits per heavy atom. The molecule has 4 aliphatic carbocycles. The van der Waals surface area contributed by atoms with Crippen molar-refractivity contribution in [1.82, 2.24) is 9.71 Å². The summed E-state index contributed by atoms with van der Waals surface area (Å²) in [6.07, 6.45) is 9.70. The minimum absolute atomic E-state index is 0.137. The molecule has 0 radical (unpaired) electrons. The Labute approximate surface area is 118 Å². The Kier molecular flexibility index (Phi) is 2.75. The first-order valence-electron chi connectivity index (χ1n) is 7.66. The molecule has 4 aliphatic rings. The Morgan fingerprint density at radius 3 is 2.50 bits per heavy atom. The van der Waals surface area contributed by atoms with E-state index in [0.29, 0.717) is 12.5 Å². The van der Waals surface area contributed by atoms with Crippen molar-refractivity contribution in [1.29, 1.82) is 0 Å². The molecule has 5 nitrogen and oxygen atoms in total. The van der Waals surface area contributed by atoms with Gasteiger partial charge in [-0.2, -0.15) is 0 Å². The Bertz CT molecular complexity index is 540. The molecule has 0 saturated heterocycles. The van der Waals surface area contributed by atoms with Gasteiger partial charge in [0.15, 0.2) is 0 Å². The highest BCUT2D eigenvalue weighted by Crippen LogP contribution is 2.56. The molecule has 1 heterocycles. The fraction of sp³-hybridized carbons (Fsp3) is 0.733. The number of hydrogen-bond acceptors (Lipinski definition) is 4. The van der Waals surface area contributed by atoms with E-state index in [0.717, 1.165) is 23.7 Å². The van der Waals surface area contributed by atoms with Crippen LogP contribution in [-0.2, 0) is 0 Å². The molecule has 4 saturated carbocycles. The summed E-state index contributed by atoms with van der Waals surface area (Å²) in [6, 6.07) is 0. The topological polar surface area (TPSA) is 70.1 Å². The van der Waals surface area contributed by atoms with Crippen molar-refractivity contribution < 1.29 is 4.84 Å². The third-order valence-electron chi connectivity index (χ3n) is 5.66. The van der Waals surface area contributed by atoms with E-state index in [2.05, 4.69) is 4.98 Å². The van der Waals surface area contributed by atoms with Crippen LogP contribution in [0.3, 0.4) is 0 Å². The fourth-order valence-corrected chi connectivity index (χ4v) is 4.98. The molecule has 108 valence electrons. The Balaban J connectivity index is 1.47. The first-order valence-corrected chi connectivity index (χ1v) is 7.66. The van der Waals surface area contributed by atoms with Gasteiger partial charge >= 0.3 is 5.56 Å². The molecule has 0 atom stereocenters. The van der Waals surface area contributed by atoms with Crippen molar-refractivity contribution in [3.8, 4) is 0 Å². The lowest BCUT2D eigenvalue weighted by Gasteiger charge is -2.54. The molecule has 4 fully saturated rings. The van der Waals surface area contributed by atoms with Gasteiger partial charge in [0.25, 0.3) is 0 Å². The van der Waals surface area contributed by atoms with Gasteiger partial charge in [-0.15, -0.1) is 4.73 Å². The van der Waals surface area contributed by atoms with Crippen molar-refractivity contribution in [2.45, 2.75) is 32.1 Å². The predicted molar refractivity (Wildman–Crippen MR) is 74.9 cm³/mol. The molecule has 20 heavy (non-hydrogen) atoms. The molecule has 0 spiro atoms. The third-order valence-corrected chi connectivity index (χ3v) is 5.66. The molecule has 4 bridgehead atoms. The van der Waals surface area contributed by atoms with Crippen molar-refractivity contribution in [2.24, 2.45) is 29.6 Å². The molecule has 5 heteroatoms. The maximum absolute atomic E-state index is 11.8. The largest absolute Gasteiger partial charge is 0.409 e. The Morgan fingerprint density at radius 2 is 1.85 bits per heavy atom. The standard InChI is InChI=1S/C15H21N3O2/c16-14-6-17-8-18(15(14)19)20-7-13-11-2-9-1-10(4-11)5-12(13)3-9/h6,8-13H,1-5,7,16H2. The summed E-state index contributed by atoms with van der Waals surface area (Å²) in [4.78, 5) is 21.4. The second-order valence-corrected chi connectivity index (χ2v) is 6.87. The van der Waals surface area contributed by atoms with Crippen LogP contribution in [0.4, 0.5) is 5.69 Å². The fourth-order valence-electron chi connectivity index (χ4n) is 4.98. The molecule has 0 aromatic carbocycles. The maximum atomic E-state index is 11.8. The highest BCUT2D eigenvalue weighted by Gasteiger charge is 2.48. The smallest absolute Gasteiger partial charge is 0.309 e. The average Bonchev–Trinajstić information content (AvgIpc) is 2.41. The number of anilines is 1. The maximum Gasteiger partial charge on any atom is 0.309 e. The summed E-state index contributed by atoms with van der Waals surface area (Å²) in [6.45, 7) is 0.625. The quantitative estimate of drug-likeness (QED) is 0.903. The second kappa shape index (κ2) is 4.50. The van der Waals surface area contributed by atoms with E-state index in [1.54, 1.807) is 0 Å². The summed E-state index contributed by atoms with van der Waals surface area (Å²) in [5.41, 5.74) is 5.40. The molecule has 2 N–H and O–H groups in total. The van der Waals surface area contributed by atoms with E-state index in [4.69, 9.17) is 10.6 Å².